The highest BCUT2D eigenvalue weighted by Crippen LogP contribution is 2.40. The number of aryl methyl sites for hydroxylation is 1. The molecule has 136 valence electrons. The van der Waals surface area contributed by atoms with E-state index in [1.54, 1.807) is 13.0 Å². The van der Waals surface area contributed by atoms with Crippen LogP contribution in [0.4, 0.5) is 0 Å². The summed E-state index contributed by atoms with van der Waals surface area (Å²) < 4.78 is 10.1. The summed E-state index contributed by atoms with van der Waals surface area (Å²) >= 11 is 0. The quantitative estimate of drug-likeness (QED) is 0.626. The van der Waals surface area contributed by atoms with Crippen LogP contribution in [0.1, 0.15) is 52.7 Å². The minimum atomic E-state index is -0.346. The second-order valence-corrected chi connectivity index (χ2v) is 7.12. The highest BCUT2D eigenvalue weighted by Gasteiger charge is 2.26. The molecule has 1 aliphatic rings. The zero-order valence-corrected chi connectivity index (χ0v) is 15.7. The van der Waals surface area contributed by atoms with Crippen molar-refractivity contribution >= 4 is 11.6 Å². The van der Waals surface area contributed by atoms with Gasteiger partial charge >= 0.3 is 0 Å². The molecule has 0 fully saturated rings. The molecule has 2 rings (SSSR count). The van der Waals surface area contributed by atoms with Crippen molar-refractivity contribution in [1.29, 1.82) is 0 Å². The largest absolute Gasteiger partial charge is 0.465 e. The highest BCUT2D eigenvalue weighted by atomic mass is 16.5. The maximum absolute atomic E-state index is 11.8. The number of hydrogen-bond donors (Lipinski definition) is 1. The Morgan fingerprint density at radius 2 is 2.24 bits per heavy atom. The molecule has 1 aliphatic carbocycles. The van der Waals surface area contributed by atoms with E-state index in [2.05, 4.69) is 42.5 Å². The summed E-state index contributed by atoms with van der Waals surface area (Å²) in [7, 11) is 0. The third-order valence-corrected chi connectivity index (χ3v) is 4.35. The lowest BCUT2D eigenvalue weighted by atomic mass is 9.72. The van der Waals surface area contributed by atoms with Crippen molar-refractivity contribution in [3.8, 4) is 5.88 Å². The number of rotatable bonds is 6. The summed E-state index contributed by atoms with van der Waals surface area (Å²) in [5.41, 5.74) is 6.19. The lowest BCUT2D eigenvalue weighted by Crippen LogP contribution is -2.25. The fourth-order valence-corrected chi connectivity index (χ4v) is 2.99. The second-order valence-electron chi connectivity index (χ2n) is 7.12. The smallest absolute Gasteiger partial charge is 0.278 e. The predicted molar refractivity (Wildman–Crippen MR) is 97.5 cm³/mol. The van der Waals surface area contributed by atoms with Gasteiger partial charge in [-0.1, -0.05) is 25.5 Å². The molecule has 0 spiro atoms. The molecule has 0 atom stereocenters. The molecule has 1 N–H and O–H groups in total. The Labute approximate surface area is 149 Å². The molecular formula is C19H27N3O3. The van der Waals surface area contributed by atoms with Gasteiger partial charge in [0.1, 0.15) is 5.76 Å². The molecule has 1 aromatic rings. The topological polar surface area (TPSA) is 76.7 Å². The standard InChI is InChI=1S/C19H27N3O3/c1-13-7-6-10-19(4,5)16(13)9-8-14(2)20-21-17(23)12-24-18-11-15(3)25-22-18/h8-9,11H,6-7,10,12H2,1-5H3,(H,21,23). The summed E-state index contributed by atoms with van der Waals surface area (Å²) in [6.45, 7) is 10.2. The Morgan fingerprint density at radius 3 is 2.88 bits per heavy atom. The summed E-state index contributed by atoms with van der Waals surface area (Å²) in [5, 5.41) is 7.74. The molecule has 6 nitrogen and oxygen atoms in total. The Kier molecular flexibility index (Phi) is 6.17. The first-order valence-electron chi connectivity index (χ1n) is 8.55. The van der Waals surface area contributed by atoms with Gasteiger partial charge in [-0.15, -0.1) is 0 Å². The number of nitrogens with one attached hydrogen (secondary N) is 1. The van der Waals surface area contributed by atoms with Gasteiger partial charge in [0.05, 0.1) is 5.71 Å². The van der Waals surface area contributed by atoms with E-state index in [0.717, 1.165) is 12.1 Å². The molecular weight excluding hydrogens is 318 g/mol. The van der Waals surface area contributed by atoms with E-state index in [0.29, 0.717) is 5.76 Å². The van der Waals surface area contributed by atoms with Gasteiger partial charge in [-0.3, -0.25) is 4.79 Å². The van der Waals surface area contributed by atoms with Gasteiger partial charge in [0.15, 0.2) is 6.61 Å². The second kappa shape index (κ2) is 8.14. The van der Waals surface area contributed by atoms with E-state index in [-0.39, 0.29) is 23.8 Å². The number of hydrogen-bond acceptors (Lipinski definition) is 5. The molecule has 0 saturated carbocycles. The summed E-state index contributed by atoms with van der Waals surface area (Å²) in [6.07, 6.45) is 7.64. The van der Waals surface area contributed by atoms with Crippen molar-refractivity contribution in [3.63, 3.8) is 0 Å². The summed E-state index contributed by atoms with van der Waals surface area (Å²) in [6, 6.07) is 1.62. The minimum Gasteiger partial charge on any atom is -0.465 e. The third kappa shape index (κ3) is 5.59. The monoisotopic (exact) mass is 345 g/mol. The van der Waals surface area contributed by atoms with Gasteiger partial charge in [-0.05, 0) is 62.3 Å². The average molecular weight is 345 g/mol. The van der Waals surface area contributed by atoms with Crippen LogP contribution in [0.2, 0.25) is 0 Å². The van der Waals surface area contributed by atoms with Crippen LogP contribution >= 0.6 is 0 Å². The van der Waals surface area contributed by atoms with Gasteiger partial charge in [0.25, 0.3) is 11.8 Å². The van der Waals surface area contributed by atoms with E-state index in [9.17, 15) is 4.79 Å². The molecule has 0 saturated heterocycles. The van der Waals surface area contributed by atoms with E-state index in [1.165, 1.54) is 24.0 Å². The molecule has 0 bridgehead atoms. The van der Waals surface area contributed by atoms with Crippen molar-refractivity contribution in [2.45, 2.75) is 53.9 Å². The average Bonchev–Trinajstić information content (AvgIpc) is 2.95. The van der Waals surface area contributed by atoms with Crippen molar-refractivity contribution in [2.75, 3.05) is 6.61 Å². The number of allylic oxidation sites excluding steroid dienone is 4. The first-order valence-corrected chi connectivity index (χ1v) is 8.55. The number of carbonyl (C=O) groups is 1. The Hall–Kier alpha value is -2.37. The predicted octanol–water partition coefficient (Wildman–Crippen LogP) is 3.94. The number of hydrazone groups is 1. The van der Waals surface area contributed by atoms with Crippen LogP contribution in [0, 0.1) is 12.3 Å². The minimum absolute atomic E-state index is 0.163. The first-order chi connectivity index (χ1) is 11.8. The molecule has 0 aromatic carbocycles. The van der Waals surface area contributed by atoms with Gasteiger partial charge in [0.2, 0.25) is 0 Å². The maximum Gasteiger partial charge on any atom is 0.278 e. The van der Waals surface area contributed by atoms with Crippen LogP contribution in [0.15, 0.2) is 39.0 Å². The van der Waals surface area contributed by atoms with Crippen molar-refractivity contribution in [1.82, 2.24) is 10.6 Å². The van der Waals surface area contributed by atoms with Crippen molar-refractivity contribution in [3.05, 3.63) is 35.1 Å². The molecule has 6 heteroatoms. The van der Waals surface area contributed by atoms with Crippen LogP contribution in [-0.4, -0.2) is 23.4 Å². The van der Waals surface area contributed by atoms with Crippen molar-refractivity contribution in [2.24, 2.45) is 10.5 Å². The molecule has 1 aromatic heterocycles. The third-order valence-electron chi connectivity index (χ3n) is 4.35. The molecule has 1 amide bonds. The highest BCUT2D eigenvalue weighted by molar-refractivity contribution is 5.94. The van der Waals surface area contributed by atoms with Crippen LogP contribution in [0.5, 0.6) is 5.88 Å². The zero-order valence-electron chi connectivity index (χ0n) is 15.7. The van der Waals surface area contributed by atoms with Crippen LogP contribution in [0.25, 0.3) is 0 Å². The number of amides is 1. The fraction of sp³-hybridized carbons (Fsp3) is 0.526. The van der Waals surface area contributed by atoms with Crippen LogP contribution in [0.3, 0.4) is 0 Å². The maximum atomic E-state index is 11.8. The molecule has 0 aliphatic heterocycles. The Balaban J connectivity index is 1.87. The van der Waals surface area contributed by atoms with E-state index in [1.807, 2.05) is 13.0 Å². The normalized spacial score (nSPS) is 17.9. The van der Waals surface area contributed by atoms with Gasteiger partial charge in [-0.25, -0.2) is 5.43 Å². The van der Waals surface area contributed by atoms with Crippen LogP contribution < -0.4 is 10.2 Å². The molecule has 0 unspecified atom stereocenters. The van der Waals surface area contributed by atoms with E-state index < -0.39 is 0 Å². The first kappa shape index (κ1) is 19.0. The van der Waals surface area contributed by atoms with Crippen LogP contribution in [-0.2, 0) is 4.79 Å². The summed E-state index contributed by atoms with van der Waals surface area (Å²) in [5.74, 6) is 0.571. The van der Waals surface area contributed by atoms with Gasteiger partial charge < -0.3 is 9.26 Å². The Morgan fingerprint density at radius 1 is 1.48 bits per heavy atom. The summed E-state index contributed by atoms with van der Waals surface area (Å²) in [4.78, 5) is 11.8. The Bertz CT molecular complexity index is 711. The number of aromatic nitrogens is 1. The molecule has 25 heavy (non-hydrogen) atoms. The fourth-order valence-electron chi connectivity index (χ4n) is 2.99. The molecule has 1 heterocycles. The lowest BCUT2D eigenvalue weighted by Gasteiger charge is -2.32. The van der Waals surface area contributed by atoms with Crippen molar-refractivity contribution < 1.29 is 14.1 Å². The molecule has 0 radical (unpaired) electrons. The van der Waals surface area contributed by atoms with E-state index >= 15 is 0 Å². The zero-order chi connectivity index (χ0) is 18.4. The van der Waals surface area contributed by atoms with Gasteiger partial charge in [0, 0.05) is 6.07 Å². The van der Waals surface area contributed by atoms with E-state index in [4.69, 9.17) is 9.26 Å². The lowest BCUT2D eigenvalue weighted by molar-refractivity contribution is -0.123. The number of carbonyl (C=O) groups excluding carboxylic acids is 1. The van der Waals surface area contributed by atoms with Gasteiger partial charge in [-0.2, -0.15) is 5.10 Å². The number of nitrogens with zero attached hydrogens (tertiary/aromatic N) is 2. The number of ether oxygens (including phenoxy) is 1. The SMILES string of the molecule is CC(C=CC1=C(C)CCCC1(C)C)=NNC(=O)COc1cc(C)on1.